The number of allylic oxidation sites excluding steroid dienone is 1. The molecule has 5 N–H and O–H groups in total. The maximum atomic E-state index is 14.1. The maximum absolute atomic E-state index is 14.1. The van der Waals surface area contributed by atoms with Gasteiger partial charge in [0.05, 0.1) is 25.2 Å². The number of carbonyl (C=O) groups excluding carboxylic acids is 1. The van der Waals surface area contributed by atoms with Crippen LogP contribution in [0.15, 0.2) is 84.6 Å². The average Bonchev–Trinajstić information content (AvgIpc) is 2.99. The van der Waals surface area contributed by atoms with E-state index in [-0.39, 0.29) is 37.2 Å². The molecule has 236 valence electrons. The Morgan fingerprint density at radius 3 is 2.39 bits per heavy atom. The van der Waals surface area contributed by atoms with E-state index in [4.69, 9.17) is 9.94 Å². The van der Waals surface area contributed by atoms with E-state index in [0.29, 0.717) is 24.9 Å². The van der Waals surface area contributed by atoms with Crippen molar-refractivity contribution in [1.82, 2.24) is 10.8 Å². The number of amides is 1. The number of aliphatic hydroxyl groups excluding tert-OH is 2. The Kier molecular flexibility index (Phi) is 11.3. The molecule has 0 saturated heterocycles. The highest BCUT2D eigenvalue weighted by Gasteiger charge is 2.37. The van der Waals surface area contributed by atoms with Crippen molar-refractivity contribution in [3.63, 3.8) is 0 Å². The molecule has 4 rings (SSSR count). The number of hydrogen-bond donors (Lipinski definition) is 5. The minimum atomic E-state index is -1.18. The van der Waals surface area contributed by atoms with Gasteiger partial charge in [0.15, 0.2) is 0 Å². The molecular weight excluding hydrogens is 564 g/mol. The first kappa shape index (κ1) is 33.3. The van der Waals surface area contributed by atoms with Gasteiger partial charge in [-0.1, -0.05) is 69.3 Å². The van der Waals surface area contributed by atoms with Gasteiger partial charge in [0.1, 0.15) is 11.6 Å². The van der Waals surface area contributed by atoms with Crippen LogP contribution in [-0.4, -0.2) is 42.0 Å². The number of para-hydroxylation sites is 1. The fraction of sp³-hybridized carbons (Fsp3) is 0.400. The second-order valence-corrected chi connectivity index (χ2v) is 12.4. The van der Waals surface area contributed by atoms with Gasteiger partial charge in [0.2, 0.25) is 5.91 Å². The van der Waals surface area contributed by atoms with Crippen molar-refractivity contribution in [3.8, 4) is 0 Å². The largest absolute Gasteiger partial charge is 0.394 e. The van der Waals surface area contributed by atoms with Gasteiger partial charge in [-0.05, 0) is 72.1 Å². The van der Waals surface area contributed by atoms with Gasteiger partial charge in [-0.15, -0.1) is 0 Å². The van der Waals surface area contributed by atoms with E-state index >= 15 is 0 Å². The van der Waals surface area contributed by atoms with Crippen LogP contribution < -0.4 is 16.1 Å². The molecule has 0 heterocycles. The van der Waals surface area contributed by atoms with Crippen LogP contribution >= 0.6 is 0 Å². The van der Waals surface area contributed by atoms with Crippen molar-refractivity contribution in [2.24, 2.45) is 5.92 Å². The molecule has 0 saturated carbocycles. The molecule has 0 fully saturated rings. The highest BCUT2D eigenvalue weighted by atomic mass is 19.1. The standard InChI is InChI=1S/C35H43F2N3O4/c1-34(2,3)25-8-7-9-26(21-25)35(14-12-30(13-15-35)40-44-17-16-41)38-23-32(42)31(20-24-18-27(36)22-28(37)19-24)33(43)39-29-10-5-4-6-11-29/h4-12,18-19,21-22,31-32,38,40-42H,13-17,20,23H2,1-3H3,(H,39,43). The lowest BCUT2D eigenvalue weighted by Crippen LogP contribution is -2.50. The summed E-state index contributed by atoms with van der Waals surface area (Å²) in [6, 6.07) is 20.4. The van der Waals surface area contributed by atoms with Crippen LogP contribution in [0.5, 0.6) is 0 Å². The maximum Gasteiger partial charge on any atom is 0.230 e. The monoisotopic (exact) mass is 607 g/mol. The molecule has 0 aliphatic heterocycles. The molecule has 3 unspecified atom stereocenters. The van der Waals surface area contributed by atoms with Crippen LogP contribution in [-0.2, 0) is 27.0 Å². The Bertz CT molecular complexity index is 1410. The lowest BCUT2D eigenvalue weighted by Gasteiger charge is -2.40. The number of carbonyl (C=O) groups is 1. The van der Waals surface area contributed by atoms with Crippen LogP contribution in [0.4, 0.5) is 14.5 Å². The molecule has 1 aliphatic rings. The number of halogens is 2. The zero-order valence-electron chi connectivity index (χ0n) is 25.6. The van der Waals surface area contributed by atoms with Gasteiger partial charge in [0, 0.05) is 29.5 Å². The van der Waals surface area contributed by atoms with E-state index in [0.717, 1.165) is 17.3 Å². The third kappa shape index (κ3) is 8.95. The summed E-state index contributed by atoms with van der Waals surface area (Å²) < 4.78 is 28.1. The minimum absolute atomic E-state index is 0.0567. The Morgan fingerprint density at radius 2 is 1.75 bits per heavy atom. The van der Waals surface area contributed by atoms with Gasteiger partial charge in [-0.25, -0.2) is 8.78 Å². The van der Waals surface area contributed by atoms with E-state index < -0.39 is 35.1 Å². The number of nitrogens with one attached hydrogen (secondary N) is 3. The van der Waals surface area contributed by atoms with Crippen molar-refractivity contribution < 1.29 is 28.6 Å². The molecule has 44 heavy (non-hydrogen) atoms. The number of rotatable bonds is 13. The molecule has 3 atom stereocenters. The summed E-state index contributed by atoms with van der Waals surface area (Å²) in [5.41, 5.74) is 6.24. The fourth-order valence-electron chi connectivity index (χ4n) is 5.52. The third-order valence-corrected chi connectivity index (χ3v) is 8.07. The number of hydrogen-bond acceptors (Lipinski definition) is 6. The summed E-state index contributed by atoms with van der Waals surface area (Å²) in [6.45, 7) is 6.60. The van der Waals surface area contributed by atoms with E-state index in [1.165, 1.54) is 17.7 Å². The molecular formula is C35H43F2N3O4. The highest BCUT2D eigenvalue weighted by molar-refractivity contribution is 5.93. The summed E-state index contributed by atoms with van der Waals surface area (Å²) in [5.74, 6) is -2.93. The fourth-order valence-corrected chi connectivity index (χ4v) is 5.52. The Labute approximate surface area is 258 Å². The second-order valence-electron chi connectivity index (χ2n) is 12.4. The average molecular weight is 608 g/mol. The predicted octanol–water partition coefficient (Wildman–Crippen LogP) is 5.49. The molecule has 0 radical (unpaired) electrons. The van der Waals surface area contributed by atoms with E-state index in [1.807, 2.05) is 18.2 Å². The molecule has 0 spiro atoms. The first-order valence-corrected chi connectivity index (χ1v) is 15.0. The highest BCUT2D eigenvalue weighted by Crippen LogP contribution is 2.38. The summed E-state index contributed by atoms with van der Waals surface area (Å²) in [7, 11) is 0. The molecule has 0 aromatic heterocycles. The van der Waals surface area contributed by atoms with Crippen LogP contribution in [0, 0.1) is 17.6 Å². The molecule has 7 nitrogen and oxygen atoms in total. The second kappa shape index (κ2) is 14.9. The van der Waals surface area contributed by atoms with Gasteiger partial charge in [-0.2, -0.15) is 0 Å². The molecule has 1 amide bonds. The van der Waals surface area contributed by atoms with Crippen LogP contribution in [0.2, 0.25) is 0 Å². The molecule has 9 heteroatoms. The summed E-state index contributed by atoms with van der Waals surface area (Å²) in [4.78, 5) is 18.8. The number of anilines is 1. The van der Waals surface area contributed by atoms with Crippen molar-refractivity contribution in [2.45, 2.75) is 63.5 Å². The lowest BCUT2D eigenvalue weighted by atomic mass is 9.76. The lowest BCUT2D eigenvalue weighted by molar-refractivity contribution is -0.123. The van der Waals surface area contributed by atoms with Crippen molar-refractivity contribution in [2.75, 3.05) is 25.1 Å². The summed E-state index contributed by atoms with van der Waals surface area (Å²) >= 11 is 0. The number of hydroxylamine groups is 1. The van der Waals surface area contributed by atoms with E-state index in [9.17, 15) is 18.7 Å². The topological polar surface area (TPSA) is 103 Å². The van der Waals surface area contributed by atoms with Crippen molar-refractivity contribution >= 4 is 11.6 Å². The van der Waals surface area contributed by atoms with Crippen molar-refractivity contribution in [1.29, 1.82) is 0 Å². The van der Waals surface area contributed by atoms with E-state index in [2.05, 4.69) is 55.1 Å². The van der Waals surface area contributed by atoms with Crippen molar-refractivity contribution in [3.05, 3.63) is 113 Å². The van der Waals surface area contributed by atoms with Crippen LogP contribution in [0.1, 0.15) is 56.7 Å². The first-order valence-electron chi connectivity index (χ1n) is 15.0. The SMILES string of the molecule is CC(C)(C)c1cccc(C2(NCC(O)C(Cc3cc(F)cc(F)c3)C(=O)Nc3ccccc3)CC=C(NOCCO)CC2)c1. The Balaban J connectivity index is 1.60. The first-order chi connectivity index (χ1) is 21.0. The molecule has 3 aromatic rings. The summed E-state index contributed by atoms with van der Waals surface area (Å²) in [6.07, 6.45) is 2.70. The third-order valence-electron chi connectivity index (χ3n) is 8.07. The van der Waals surface area contributed by atoms with Crippen LogP contribution in [0.3, 0.4) is 0 Å². The molecule has 0 bridgehead atoms. The zero-order chi connectivity index (χ0) is 31.7. The quantitative estimate of drug-likeness (QED) is 0.130. The summed E-state index contributed by atoms with van der Waals surface area (Å²) in [5, 5.41) is 27.0. The Hall–Kier alpha value is -3.63. The number of benzene rings is 3. The van der Waals surface area contributed by atoms with Crippen LogP contribution in [0.25, 0.3) is 0 Å². The smallest absolute Gasteiger partial charge is 0.230 e. The predicted molar refractivity (Wildman–Crippen MR) is 168 cm³/mol. The molecule has 3 aromatic carbocycles. The normalized spacial score (nSPS) is 18.3. The van der Waals surface area contributed by atoms with Gasteiger partial charge >= 0.3 is 0 Å². The van der Waals surface area contributed by atoms with Gasteiger partial charge < -0.3 is 20.8 Å². The number of aliphatic hydroxyl groups is 2. The van der Waals surface area contributed by atoms with Gasteiger partial charge in [0.25, 0.3) is 0 Å². The van der Waals surface area contributed by atoms with E-state index in [1.54, 1.807) is 24.3 Å². The molecule has 1 aliphatic carbocycles. The zero-order valence-corrected chi connectivity index (χ0v) is 25.6. The minimum Gasteiger partial charge on any atom is -0.394 e. The Morgan fingerprint density at radius 1 is 1.02 bits per heavy atom. The van der Waals surface area contributed by atoms with Gasteiger partial charge in [-0.3, -0.25) is 15.1 Å².